The van der Waals surface area contributed by atoms with Gasteiger partial charge in [0.15, 0.2) is 0 Å². The van der Waals surface area contributed by atoms with Gasteiger partial charge < -0.3 is 15.5 Å². The molecule has 2 N–H and O–H groups in total. The highest BCUT2D eigenvalue weighted by Crippen LogP contribution is 2.18. The highest BCUT2D eigenvalue weighted by atomic mass is 16.2. The molecular weight excluding hydrogens is 246 g/mol. The first-order valence-corrected chi connectivity index (χ1v) is 6.44. The van der Waals surface area contributed by atoms with Gasteiger partial charge in [-0.1, -0.05) is 20.8 Å². The van der Waals surface area contributed by atoms with Crippen LogP contribution in [0.1, 0.15) is 34.6 Å². The van der Waals surface area contributed by atoms with Crippen LogP contribution in [0, 0.1) is 5.41 Å². The third-order valence-corrected chi connectivity index (χ3v) is 3.23. The summed E-state index contributed by atoms with van der Waals surface area (Å²) in [5.74, 6) is -0.591. The first kappa shape index (κ1) is 15.5. The van der Waals surface area contributed by atoms with E-state index in [-0.39, 0.29) is 24.3 Å². The Kier molecular flexibility index (Phi) is 4.22. The molecule has 1 rings (SSSR count). The first-order valence-electron chi connectivity index (χ1n) is 6.44. The minimum atomic E-state index is -0.873. The molecule has 0 atom stereocenters. The van der Waals surface area contributed by atoms with E-state index in [2.05, 4.69) is 10.6 Å². The van der Waals surface area contributed by atoms with Gasteiger partial charge in [0.1, 0.15) is 5.54 Å². The summed E-state index contributed by atoms with van der Waals surface area (Å²) in [6.45, 7) is 9.58. The minimum absolute atomic E-state index is 0.0766. The molecule has 1 aliphatic heterocycles. The van der Waals surface area contributed by atoms with E-state index < -0.39 is 11.0 Å². The second-order valence-corrected chi connectivity index (χ2v) is 6.29. The molecule has 0 spiro atoms. The Morgan fingerprint density at radius 3 is 2.47 bits per heavy atom. The van der Waals surface area contributed by atoms with Crippen molar-refractivity contribution in [3.8, 4) is 0 Å². The molecule has 6 nitrogen and oxygen atoms in total. The maximum atomic E-state index is 12.1. The molecule has 6 heteroatoms. The second-order valence-electron chi connectivity index (χ2n) is 6.29. The lowest BCUT2D eigenvalue weighted by Crippen LogP contribution is -2.64. The lowest BCUT2D eigenvalue weighted by molar-refractivity contribution is -0.149. The third kappa shape index (κ3) is 3.45. The standard InChI is InChI=1S/C13H23N3O3/c1-12(2,3)10(18)15-8-9(17)16-7-6-14-11(19)13(16,4)5/h6-8H2,1-5H3,(H,14,19)(H,15,18). The van der Waals surface area contributed by atoms with Crippen LogP contribution in [0.15, 0.2) is 0 Å². The van der Waals surface area contributed by atoms with Crippen molar-refractivity contribution in [2.45, 2.75) is 40.2 Å². The smallest absolute Gasteiger partial charge is 0.245 e. The van der Waals surface area contributed by atoms with Crippen molar-refractivity contribution in [1.29, 1.82) is 0 Å². The van der Waals surface area contributed by atoms with Gasteiger partial charge >= 0.3 is 0 Å². The fourth-order valence-corrected chi connectivity index (χ4v) is 1.85. The summed E-state index contributed by atoms with van der Waals surface area (Å²) in [5.41, 5.74) is -1.41. The highest BCUT2D eigenvalue weighted by molar-refractivity contribution is 5.93. The van der Waals surface area contributed by atoms with Crippen molar-refractivity contribution in [3.05, 3.63) is 0 Å². The average Bonchev–Trinajstić information content (AvgIpc) is 2.27. The molecule has 1 fully saturated rings. The molecule has 108 valence electrons. The Balaban J connectivity index is 2.63. The first-order chi connectivity index (χ1) is 8.56. The van der Waals surface area contributed by atoms with Crippen LogP contribution in [0.4, 0.5) is 0 Å². The number of carbonyl (C=O) groups is 3. The van der Waals surface area contributed by atoms with Crippen LogP contribution in [0.5, 0.6) is 0 Å². The topological polar surface area (TPSA) is 78.5 Å². The predicted octanol–water partition coefficient (Wildman–Crippen LogP) is -0.114. The van der Waals surface area contributed by atoms with E-state index in [0.29, 0.717) is 13.1 Å². The van der Waals surface area contributed by atoms with Crippen molar-refractivity contribution in [1.82, 2.24) is 15.5 Å². The molecule has 0 aromatic rings. The van der Waals surface area contributed by atoms with Gasteiger partial charge in [-0.3, -0.25) is 14.4 Å². The summed E-state index contributed by atoms with van der Waals surface area (Å²) in [4.78, 5) is 37.1. The van der Waals surface area contributed by atoms with E-state index >= 15 is 0 Å². The zero-order chi connectivity index (χ0) is 14.8. The van der Waals surface area contributed by atoms with Crippen molar-refractivity contribution < 1.29 is 14.4 Å². The Morgan fingerprint density at radius 2 is 1.95 bits per heavy atom. The van der Waals surface area contributed by atoms with Crippen molar-refractivity contribution in [2.24, 2.45) is 5.41 Å². The summed E-state index contributed by atoms with van der Waals surface area (Å²) in [7, 11) is 0. The molecule has 0 aromatic carbocycles. The lowest BCUT2D eigenvalue weighted by Gasteiger charge is -2.41. The Labute approximate surface area is 113 Å². The quantitative estimate of drug-likeness (QED) is 0.734. The predicted molar refractivity (Wildman–Crippen MR) is 71.3 cm³/mol. The highest BCUT2D eigenvalue weighted by Gasteiger charge is 2.40. The van der Waals surface area contributed by atoms with Crippen molar-refractivity contribution in [3.63, 3.8) is 0 Å². The molecule has 3 amide bonds. The molecule has 0 saturated carbocycles. The van der Waals surface area contributed by atoms with Gasteiger partial charge in [-0.15, -0.1) is 0 Å². The van der Waals surface area contributed by atoms with E-state index in [4.69, 9.17) is 0 Å². The zero-order valence-electron chi connectivity index (χ0n) is 12.3. The number of piperazine rings is 1. The maximum absolute atomic E-state index is 12.1. The largest absolute Gasteiger partial charge is 0.352 e. The molecule has 1 heterocycles. The number of hydrogen-bond acceptors (Lipinski definition) is 3. The van der Waals surface area contributed by atoms with Gasteiger partial charge in [0.05, 0.1) is 6.54 Å². The summed E-state index contributed by atoms with van der Waals surface area (Å²) in [5, 5.41) is 5.34. The molecule has 0 unspecified atom stereocenters. The number of nitrogens with one attached hydrogen (secondary N) is 2. The Hall–Kier alpha value is -1.59. The number of carbonyl (C=O) groups excluding carboxylic acids is 3. The zero-order valence-corrected chi connectivity index (χ0v) is 12.3. The molecule has 1 aliphatic rings. The minimum Gasteiger partial charge on any atom is -0.352 e. The number of nitrogens with zero attached hydrogens (tertiary/aromatic N) is 1. The van der Waals surface area contributed by atoms with Crippen LogP contribution < -0.4 is 10.6 Å². The summed E-state index contributed by atoms with van der Waals surface area (Å²) < 4.78 is 0. The van der Waals surface area contributed by atoms with Crippen LogP contribution in [-0.2, 0) is 14.4 Å². The summed E-state index contributed by atoms with van der Waals surface area (Å²) in [6, 6.07) is 0. The van der Waals surface area contributed by atoms with E-state index in [1.807, 2.05) is 0 Å². The van der Waals surface area contributed by atoms with Crippen LogP contribution in [0.2, 0.25) is 0 Å². The van der Waals surface area contributed by atoms with Gasteiger partial charge in [-0.2, -0.15) is 0 Å². The fourth-order valence-electron chi connectivity index (χ4n) is 1.85. The third-order valence-electron chi connectivity index (χ3n) is 3.23. The molecule has 0 radical (unpaired) electrons. The molecule has 1 saturated heterocycles. The molecule has 0 bridgehead atoms. The number of rotatable bonds is 2. The maximum Gasteiger partial charge on any atom is 0.245 e. The van der Waals surface area contributed by atoms with E-state index in [0.717, 1.165) is 0 Å². The molecule has 19 heavy (non-hydrogen) atoms. The van der Waals surface area contributed by atoms with Crippen LogP contribution >= 0.6 is 0 Å². The van der Waals surface area contributed by atoms with Gasteiger partial charge in [-0.05, 0) is 13.8 Å². The average molecular weight is 269 g/mol. The van der Waals surface area contributed by atoms with Crippen LogP contribution in [0.25, 0.3) is 0 Å². The van der Waals surface area contributed by atoms with Crippen LogP contribution in [0.3, 0.4) is 0 Å². The van der Waals surface area contributed by atoms with Crippen molar-refractivity contribution in [2.75, 3.05) is 19.6 Å². The monoisotopic (exact) mass is 269 g/mol. The summed E-state index contributed by atoms with van der Waals surface area (Å²) in [6.07, 6.45) is 0. The van der Waals surface area contributed by atoms with E-state index in [1.165, 1.54) is 4.90 Å². The molecule has 0 aliphatic carbocycles. The van der Waals surface area contributed by atoms with Crippen molar-refractivity contribution >= 4 is 17.7 Å². The van der Waals surface area contributed by atoms with E-state index in [9.17, 15) is 14.4 Å². The second kappa shape index (κ2) is 5.19. The van der Waals surface area contributed by atoms with Gasteiger partial charge in [0.2, 0.25) is 17.7 Å². The fraction of sp³-hybridized carbons (Fsp3) is 0.769. The SMILES string of the molecule is CC(C)(C)C(=O)NCC(=O)N1CCNC(=O)C1(C)C. The number of hydrogen-bond donors (Lipinski definition) is 2. The summed E-state index contributed by atoms with van der Waals surface area (Å²) >= 11 is 0. The molecular formula is C13H23N3O3. The molecule has 0 aromatic heterocycles. The Morgan fingerprint density at radius 1 is 1.37 bits per heavy atom. The number of amides is 3. The van der Waals surface area contributed by atoms with Gasteiger partial charge in [0, 0.05) is 18.5 Å². The normalized spacial score (nSPS) is 18.8. The Bertz CT molecular complexity index is 396. The van der Waals surface area contributed by atoms with E-state index in [1.54, 1.807) is 34.6 Å². The van der Waals surface area contributed by atoms with Crippen LogP contribution in [-0.4, -0.2) is 47.8 Å². The van der Waals surface area contributed by atoms with Gasteiger partial charge in [0.25, 0.3) is 0 Å². The lowest BCUT2D eigenvalue weighted by atomic mass is 9.95. The van der Waals surface area contributed by atoms with Gasteiger partial charge in [-0.25, -0.2) is 0 Å².